The monoisotopic (exact) mass is 148 g/mol. The van der Waals surface area contributed by atoms with Crippen LogP contribution in [0.3, 0.4) is 0 Å². The molecule has 0 amide bonds. The maximum atomic E-state index is 10.2. The summed E-state index contributed by atoms with van der Waals surface area (Å²) in [6, 6.07) is 0. The Morgan fingerprint density at radius 1 is 1.78 bits per heavy atom. The summed E-state index contributed by atoms with van der Waals surface area (Å²) < 4.78 is 0. The Kier molecular flexibility index (Phi) is 3.32. The van der Waals surface area contributed by atoms with Crippen molar-refractivity contribution in [3.63, 3.8) is 0 Å². The van der Waals surface area contributed by atoms with Crippen molar-refractivity contribution in [2.24, 2.45) is 0 Å². The molecule has 1 unspecified atom stereocenters. The first-order valence-corrected chi connectivity index (χ1v) is 3.06. The Bertz CT molecular complexity index is 138. The molecule has 0 saturated carbocycles. The predicted octanol–water partition coefficient (Wildman–Crippen LogP) is 1.64. The Balaban J connectivity index is 4.19. The van der Waals surface area contributed by atoms with Crippen LogP contribution in [0, 0.1) is 0 Å². The molecule has 9 heavy (non-hydrogen) atoms. The lowest BCUT2D eigenvalue weighted by molar-refractivity contribution is -0.132. The Morgan fingerprint density at radius 2 is 2.22 bits per heavy atom. The second kappa shape index (κ2) is 3.51. The van der Waals surface area contributed by atoms with Crippen LogP contribution in [0.25, 0.3) is 0 Å². The highest BCUT2D eigenvalue weighted by Gasteiger charge is 2.10. The molecule has 1 atom stereocenters. The Labute approximate surface area is 59.1 Å². The van der Waals surface area contributed by atoms with E-state index in [0.29, 0.717) is 0 Å². The van der Waals surface area contributed by atoms with E-state index in [1.807, 2.05) is 0 Å². The topological polar surface area (TPSA) is 37.3 Å². The fourth-order valence-corrected chi connectivity index (χ4v) is 0.743. The second-order valence-electron chi connectivity index (χ2n) is 1.67. The molecular weight excluding hydrogens is 140 g/mol. The summed E-state index contributed by atoms with van der Waals surface area (Å²) in [5, 5.41) is 7.98. The largest absolute Gasteiger partial charge is 0.478 e. The fraction of sp³-hybridized carbons (Fsp3) is 0.500. The number of carbonyl (C=O) groups is 1. The number of carboxylic acid groups (broad SMARTS) is 1. The molecule has 0 spiro atoms. The smallest absolute Gasteiger partial charge is 0.332 e. The van der Waals surface area contributed by atoms with E-state index in [4.69, 9.17) is 16.7 Å². The summed E-state index contributed by atoms with van der Waals surface area (Å²) in [5.74, 6) is -0.944. The quantitative estimate of drug-likeness (QED) is 0.478. The Morgan fingerprint density at radius 3 is 2.22 bits per heavy atom. The van der Waals surface area contributed by atoms with Crippen LogP contribution in [0.5, 0.6) is 0 Å². The molecule has 0 aromatic rings. The number of carboxylic acids is 1. The van der Waals surface area contributed by atoms with Gasteiger partial charge in [-0.3, -0.25) is 0 Å². The third kappa shape index (κ3) is 2.51. The highest BCUT2D eigenvalue weighted by Crippen LogP contribution is 2.07. The lowest BCUT2D eigenvalue weighted by Crippen LogP contribution is -2.08. The van der Waals surface area contributed by atoms with E-state index in [2.05, 4.69) is 0 Å². The zero-order valence-corrected chi connectivity index (χ0v) is 6.14. The van der Waals surface area contributed by atoms with E-state index >= 15 is 0 Å². The molecule has 2 nitrogen and oxygen atoms in total. The third-order valence-electron chi connectivity index (χ3n) is 0.987. The second-order valence-corrected chi connectivity index (χ2v) is 2.32. The van der Waals surface area contributed by atoms with Crippen LogP contribution in [-0.2, 0) is 4.79 Å². The lowest BCUT2D eigenvalue weighted by atomic mass is 10.2. The number of halogens is 1. The van der Waals surface area contributed by atoms with Gasteiger partial charge in [0, 0.05) is 0 Å². The normalized spacial score (nSPS) is 15.2. The van der Waals surface area contributed by atoms with E-state index in [-0.39, 0.29) is 5.57 Å². The first-order chi connectivity index (χ1) is 4.09. The van der Waals surface area contributed by atoms with Gasteiger partial charge in [-0.05, 0) is 13.8 Å². The summed E-state index contributed by atoms with van der Waals surface area (Å²) in [4.78, 5) is 10.2. The molecule has 3 heteroatoms. The minimum absolute atomic E-state index is 0.247. The summed E-state index contributed by atoms with van der Waals surface area (Å²) in [6.07, 6.45) is 1.50. The van der Waals surface area contributed by atoms with E-state index < -0.39 is 11.3 Å². The van der Waals surface area contributed by atoms with Gasteiger partial charge >= 0.3 is 5.97 Å². The minimum Gasteiger partial charge on any atom is -0.478 e. The first-order valence-electron chi connectivity index (χ1n) is 2.63. The van der Waals surface area contributed by atoms with Gasteiger partial charge in [0.05, 0.1) is 11.0 Å². The number of rotatable bonds is 2. The van der Waals surface area contributed by atoms with Crippen molar-refractivity contribution in [2.45, 2.75) is 19.2 Å². The van der Waals surface area contributed by atoms with Gasteiger partial charge in [0.15, 0.2) is 0 Å². The predicted molar refractivity (Wildman–Crippen MR) is 36.7 cm³/mol. The molecule has 0 aromatic heterocycles. The molecule has 0 rings (SSSR count). The molecule has 0 aromatic carbocycles. The van der Waals surface area contributed by atoms with Crippen molar-refractivity contribution in [3.05, 3.63) is 11.6 Å². The molecule has 1 N–H and O–H groups in total. The average molecular weight is 149 g/mol. The van der Waals surface area contributed by atoms with Crippen LogP contribution in [0.2, 0.25) is 0 Å². The van der Waals surface area contributed by atoms with Crippen LogP contribution in [-0.4, -0.2) is 16.5 Å². The maximum Gasteiger partial charge on any atom is 0.332 e. The van der Waals surface area contributed by atoms with Crippen molar-refractivity contribution >= 4 is 17.6 Å². The SMILES string of the molecule is CC=C(C(=O)O)C(C)Cl. The van der Waals surface area contributed by atoms with Gasteiger partial charge in [-0.25, -0.2) is 4.79 Å². The van der Waals surface area contributed by atoms with Crippen molar-refractivity contribution < 1.29 is 9.90 Å². The molecule has 0 aliphatic carbocycles. The summed E-state index contributed by atoms with van der Waals surface area (Å²) in [6.45, 7) is 3.29. The van der Waals surface area contributed by atoms with Crippen LogP contribution >= 0.6 is 11.6 Å². The number of hydrogen-bond acceptors (Lipinski definition) is 1. The number of hydrogen-bond donors (Lipinski definition) is 1. The van der Waals surface area contributed by atoms with E-state index in [1.54, 1.807) is 13.8 Å². The maximum absolute atomic E-state index is 10.2. The van der Waals surface area contributed by atoms with Gasteiger partial charge in [0.1, 0.15) is 0 Å². The van der Waals surface area contributed by atoms with Crippen molar-refractivity contribution in [1.82, 2.24) is 0 Å². The van der Waals surface area contributed by atoms with Crippen molar-refractivity contribution in [3.8, 4) is 0 Å². The highest BCUT2D eigenvalue weighted by molar-refractivity contribution is 6.24. The molecule has 0 aliphatic heterocycles. The highest BCUT2D eigenvalue weighted by atomic mass is 35.5. The molecule has 0 fully saturated rings. The molecule has 52 valence electrons. The lowest BCUT2D eigenvalue weighted by Gasteiger charge is -2.00. The summed E-state index contributed by atoms with van der Waals surface area (Å²) in [5.41, 5.74) is 0.247. The van der Waals surface area contributed by atoms with Gasteiger partial charge < -0.3 is 5.11 Å². The fourth-order valence-electron chi connectivity index (χ4n) is 0.523. The van der Waals surface area contributed by atoms with E-state index in [1.165, 1.54) is 6.08 Å². The van der Waals surface area contributed by atoms with Crippen molar-refractivity contribution in [1.29, 1.82) is 0 Å². The van der Waals surface area contributed by atoms with Crippen LogP contribution in [0.1, 0.15) is 13.8 Å². The number of aliphatic carboxylic acids is 1. The molecule has 0 heterocycles. The Hall–Kier alpha value is -0.500. The summed E-state index contributed by atoms with van der Waals surface area (Å²) >= 11 is 5.49. The number of allylic oxidation sites excluding steroid dienone is 1. The van der Waals surface area contributed by atoms with Gasteiger partial charge in [-0.2, -0.15) is 0 Å². The van der Waals surface area contributed by atoms with Gasteiger partial charge in [0.2, 0.25) is 0 Å². The summed E-state index contributed by atoms with van der Waals surface area (Å²) in [7, 11) is 0. The molecule has 0 saturated heterocycles. The molecule has 0 radical (unpaired) electrons. The molecular formula is C6H9ClO2. The average Bonchev–Trinajstić information content (AvgIpc) is 1.64. The van der Waals surface area contributed by atoms with E-state index in [0.717, 1.165) is 0 Å². The van der Waals surface area contributed by atoms with Crippen LogP contribution < -0.4 is 0 Å². The van der Waals surface area contributed by atoms with Crippen LogP contribution in [0.15, 0.2) is 11.6 Å². The third-order valence-corrected chi connectivity index (χ3v) is 1.22. The van der Waals surface area contributed by atoms with E-state index in [9.17, 15) is 4.79 Å². The van der Waals surface area contributed by atoms with Gasteiger partial charge in [-0.1, -0.05) is 6.08 Å². The van der Waals surface area contributed by atoms with Gasteiger partial charge in [-0.15, -0.1) is 11.6 Å². The first kappa shape index (κ1) is 8.50. The van der Waals surface area contributed by atoms with Gasteiger partial charge in [0.25, 0.3) is 0 Å². The minimum atomic E-state index is -0.944. The number of alkyl halides is 1. The zero-order valence-electron chi connectivity index (χ0n) is 5.39. The molecule has 0 aliphatic rings. The van der Waals surface area contributed by atoms with Crippen molar-refractivity contribution in [2.75, 3.05) is 0 Å². The van der Waals surface area contributed by atoms with Crippen LogP contribution in [0.4, 0.5) is 0 Å². The molecule has 0 bridgehead atoms. The zero-order chi connectivity index (χ0) is 7.44. The standard InChI is InChI=1S/C6H9ClO2/c1-3-5(4(2)7)6(8)9/h3-4H,1-2H3,(H,8,9).